The lowest BCUT2D eigenvalue weighted by atomic mass is 10.1. The standard InChI is InChI=1S/C19H21N5O7S/c1-11(12-2-5-17-15(8-12)23-19(26)10-31-17)22-18(25)6-7-21-14-4-3-13(32(20,29)30)9-16(14)24(27)28/h2-5,8-9,11,21H,6-7,10H2,1H3,(H,22,25)(H,23,26)(H2,20,29,30)/t11-/m1/s1. The van der Waals surface area contributed by atoms with Crippen LogP contribution in [0.25, 0.3) is 0 Å². The van der Waals surface area contributed by atoms with Crippen molar-refractivity contribution in [2.75, 3.05) is 23.8 Å². The van der Waals surface area contributed by atoms with Crippen molar-refractivity contribution in [2.45, 2.75) is 24.3 Å². The number of rotatable bonds is 8. The normalized spacial score (nSPS) is 13.9. The molecule has 1 aliphatic heterocycles. The summed E-state index contributed by atoms with van der Waals surface area (Å²) < 4.78 is 28.1. The molecule has 0 aliphatic carbocycles. The van der Waals surface area contributed by atoms with Crippen LogP contribution in [0.4, 0.5) is 17.1 Å². The van der Waals surface area contributed by atoms with Crippen molar-refractivity contribution >= 4 is 38.9 Å². The lowest BCUT2D eigenvalue weighted by molar-refractivity contribution is -0.384. The molecule has 0 fully saturated rings. The Hall–Kier alpha value is -3.71. The molecule has 12 nitrogen and oxygen atoms in total. The first-order valence-electron chi connectivity index (χ1n) is 9.45. The summed E-state index contributed by atoms with van der Waals surface area (Å²) in [7, 11) is -4.09. The van der Waals surface area contributed by atoms with Gasteiger partial charge in [-0.15, -0.1) is 0 Å². The second kappa shape index (κ2) is 9.20. The number of amides is 2. The maximum Gasteiger partial charge on any atom is 0.293 e. The summed E-state index contributed by atoms with van der Waals surface area (Å²) >= 11 is 0. The number of primary sulfonamides is 1. The first-order chi connectivity index (χ1) is 15.0. The van der Waals surface area contributed by atoms with E-state index in [2.05, 4.69) is 16.0 Å². The van der Waals surface area contributed by atoms with Crippen molar-refractivity contribution in [1.29, 1.82) is 0 Å². The molecular formula is C19H21N5O7S. The van der Waals surface area contributed by atoms with E-state index < -0.39 is 20.6 Å². The third-order valence-electron chi connectivity index (χ3n) is 4.68. The van der Waals surface area contributed by atoms with Crippen LogP contribution in [0.3, 0.4) is 0 Å². The highest BCUT2D eigenvalue weighted by Gasteiger charge is 2.20. The third kappa shape index (κ3) is 5.50. The van der Waals surface area contributed by atoms with E-state index in [0.29, 0.717) is 11.4 Å². The molecule has 1 atom stereocenters. The minimum absolute atomic E-state index is 0.00320. The molecule has 0 radical (unpaired) electrons. The number of carbonyl (C=O) groups is 2. The van der Waals surface area contributed by atoms with Gasteiger partial charge in [-0.05, 0) is 36.8 Å². The zero-order valence-electron chi connectivity index (χ0n) is 17.0. The Morgan fingerprint density at radius 3 is 2.75 bits per heavy atom. The number of anilines is 2. The number of carbonyl (C=O) groups excluding carboxylic acids is 2. The van der Waals surface area contributed by atoms with Gasteiger partial charge in [0.05, 0.1) is 21.5 Å². The van der Waals surface area contributed by atoms with Crippen molar-refractivity contribution in [3.8, 4) is 5.75 Å². The van der Waals surface area contributed by atoms with E-state index >= 15 is 0 Å². The first-order valence-corrected chi connectivity index (χ1v) is 11.0. The SMILES string of the molecule is C[C@@H](NC(=O)CCNc1ccc(S(N)(=O)=O)cc1[N+](=O)[O-])c1ccc2c(c1)NC(=O)CO2. The zero-order chi connectivity index (χ0) is 23.5. The number of hydrogen-bond donors (Lipinski definition) is 4. The van der Waals surface area contributed by atoms with E-state index in [1.165, 1.54) is 6.07 Å². The number of benzene rings is 2. The van der Waals surface area contributed by atoms with E-state index in [1.807, 2.05) is 0 Å². The van der Waals surface area contributed by atoms with Crippen molar-refractivity contribution in [1.82, 2.24) is 5.32 Å². The quantitative estimate of drug-likeness (QED) is 0.333. The summed E-state index contributed by atoms with van der Waals surface area (Å²) in [5.74, 6) is -0.0264. The molecule has 2 aromatic carbocycles. The second-order valence-electron chi connectivity index (χ2n) is 7.04. The highest BCUT2D eigenvalue weighted by atomic mass is 32.2. The number of nitrogens with zero attached hydrogens (tertiary/aromatic N) is 1. The highest BCUT2D eigenvalue weighted by Crippen LogP contribution is 2.30. The molecule has 0 bridgehead atoms. The van der Waals surface area contributed by atoms with Crippen LogP contribution < -0.4 is 25.8 Å². The number of nitrogens with two attached hydrogens (primary N) is 1. The minimum atomic E-state index is -4.09. The Labute approximate surface area is 183 Å². The van der Waals surface area contributed by atoms with Crippen molar-refractivity contribution < 1.29 is 27.7 Å². The molecule has 1 aliphatic rings. The molecule has 0 saturated heterocycles. The van der Waals surface area contributed by atoms with E-state index in [0.717, 1.165) is 17.7 Å². The van der Waals surface area contributed by atoms with Gasteiger partial charge in [0.15, 0.2) is 6.61 Å². The molecule has 2 amide bonds. The maximum atomic E-state index is 12.3. The van der Waals surface area contributed by atoms with Crippen LogP contribution in [0.2, 0.25) is 0 Å². The van der Waals surface area contributed by atoms with Gasteiger partial charge in [-0.2, -0.15) is 0 Å². The Morgan fingerprint density at radius 2 is 2.06 bits per heavy atom. The molecule has 1 heterocycles. The molecule has 0 saturated carbocycles. The fourth-order valence-electron chi connectivity index (χ4n) is 3.07. The molecule has 3 rings (SSSR count). The van der Waals surface area contributed by atoms with Crippen LogP contribution in [0.5, 0.6) is 5.75 Å². The molecule has 170 valence electrons. The summed E-state index contributed by atoms with van der Waals surface area (Å²) in [6, 6.07) is 8.06. The fourth-order valence-corrected chi connectivity index (χ4v) is 3.60. The second-order valence-corrected chi connectivity index (χ2v) is 8.60. The Bertz CT molecular complexity index is 1180. The van der Waals surface area contributed by atoms with Gasteiger partial charge in [0.2, 0.25) is 15.9 Å². The van der Waals surface area contributed by atoms with Crippen LogP contribution in [0.1, 0.15) is 24.9 Å². The number of ether oxygens (including phenoxy) is 1. The van der Waals surface area contributed by atoms with Crippen LogP contribution in [0.15, 0.2) is 41.3 Å². The number of sulfonamides is 1. The molecule has 0 unspecified atom stereocenters. The topological polar surface area (TPSA) is 183 Å². The summed E-state index contributed by atoms with van der Waals surface area (Å²) in [4.78, 5) is 33.9. The number of nitro benzene ring substituents is 1. The zero-order valence-corrected chi connectivity index (χ0v) is 17.8. The van der Waals surface area contributed by atoms with Gasteiger partial charge in [0.1, 0.15) is 11.4 Å². The smallest absolute Gasteiger partial charge is 0.293 e. The molecule has 32 heavy (non-hydrogen) atoms. The van der Waals surface area contributed by atoms with Crippen molar-refractivity contribution in [3.63, 3.8) is 0 Å². The van der Waals surface area contributed by atoms with Crippen LogP contribution in [-0.2, 0) is 19.6 Å². The Morgan fingerprint density at radius 1 is 1.31 bits per heavy atom. The molecule has 5 N–H and O–H groups in total. The summed E-state index contributed by atoms with van der Waals surface area (Å²) in [6.45, 7) is 1.80. The maximum absolute atomic E-state index is 12.3. The lowest BCUT2D eigenvalue weighted by Gasteiger charge is -2.21. The molecule has 0 aromatic heterocycles. The van der Waals surface area contributed by atoms with Gasteiger partial charge in [-0.3, -0.25) is 19.7 Å². The largest absolute Gasteiger partial charge is 0.482 e. The predicted octanol–water partition coefficient (Wildman–Crippen LogP) is 1.25. The number of hydrogen-bond acceptors (Lipinski definition) is 8. The van der Waals surface area contributed by atoms with Crippen LogP contribution in [-0.4, -0.2) is 38.3 Å². The third-order valence-corrected chi connectivity index (χ3v) is 5.59. The molecule has 2 aromatic rings. The number of nitro groups is 1. The first kappa shape index (κ1) is 23.0. The van der Waals surface area contributed by atoms with Gasteiger partial charge < -0.3 is 20.7 Å². The molecule has 0 spiro atoms. The monoisotopic (exact) mass is 463 g/mol. The van der Waals surface area contributed by atoms with Crippen molar-refractivity contribution in [3.05, 3.63) is 52.1 Å². The van der Waals surface area contributed by atoms with Gasteiger partial charge in [0.25, 0.3) is 11.6 Å². The molecule has 13 heteroatoms. The Balaban J connectivity index is 1.58. The fraction of sp³-hybridized carbons (Fsp3) is 0.263. The summed E-state index contributed by atoms with van der Waals surface area (Å²) in [6.07, 6.45) is 0.00320. The minimum Gasteiger partial charge on any atom is -0.482 e. The molecular weight excluding hydrogens is 442 g/mol. The lowest BCUT2D eigenvalue weighted by Crippen LogP contribution is -2.29. The van der Waals surface area contributed by atoms with E-state index in [9.17, 15) is 28.1 Å². The predicted molar refractivity (Wildman–Crippen MR) is 115 cm³/mol. The van der Waals surface area contributed by atoms with E-state index in [1.54, 1.807) is 25.1 Å². The average Bonchev–Trinajstić information content (AvgIpc) is 2.72. The van der Waals surface area contributed by atoms with E-state index in [4.69, 9.17) is 9.88 Å². The van der Waals surface area contributed by atoms with Crippen LogP contribution in [0, 0.1) is 10.1 Å². The number of fused-ring (bicyclic) bond motifs is 1. The number of nitrogens with one attached hydrogen (secondary N) is 3. The average molecular weight is 463 g/mol. The summed E-state index contributed by atoms with van der Waals surface area (Å²) in [5, 5.41) is 24.5. The Kier molecular flexibility index (Phi) is 6.60. The van der Waals surface area contributed by atoms with Crippen molar-refractivity contribution in [2.24, 2.45) is 5.14 Å². The van der Waals surface area contributed by atoms with E-state index in [-0.39, 0.29) is 48.0 Å². The van der Waals surface area contributed by atoms with Crippen LogP contribution >= 0.6 is 0 Å². The highest BCUT2D eigenvalue weighted by molar-refractivity contribution is 7.89. The van der Waals surface area contributed by atoms with Gasteiger partial charge >= 0.3 is 0 Å². The van der Waals surface area contributed by atoms with Gasteiger partial charge in [0, 0.05) is 19.0 Å². The summed E-state index contributed by atoms with van der Waals surface area (Å²) in [5.41, 5.74) is 0.874. The van der Waals surface area contributed by atoms with Gasteiger partial charge in [-0.1, -0.05) is 6.07 Å². The van der Waals surface area contributed by atoms with Gasteiger partial charge in [-0.25, -0.2) is 13.6 Å².